The molecule has 0 spiro atoms. The fourth-order valence-corrected chi connectivity index (χ4v) is 1.82. The van der Waals surface area contributed by atoms with Crippen LogP contribution in [0.5, 0.6) is 5.75 Å². The van der Waals surface area contributed by atoms with Crippen LogP contribution in [0.25, 0.3) is 0 Å². The fourth-order valence-electron chi connectivity index (χ4n) is 1.74. The summed E-state index contributed by atoms with van der Waals surface area (Å²) >= 11 is 4.38. The van der Waals surface area contributed by atoms with E-state index in [0.29, 0.717) is 22.7 Å². The molecule has 1 N–H and O–H groups in total. The Kier molecular flexibility index (Phi) is 4.77. The van der Waals surface area contributed by atoms with E-state index in [2.05, 4.69) is 22.5 Å². The second-order valence-electron chi connectivity index (χ2n) is 4.06. The number of carbonyl (C=O) groups is 1. The van der Waals surface area contributed by atoms with Crippen molar-refractivity contribution in [3.63, 3.8) is 0 Å². The second kappa shape index (κ2) is 6.74. The Bertz CT molecular complexity index is 710. The number of nitrogens with zero attached hydrogens (tertiary/aromatic N) is 1. The van der Waals surface area contributed by atoms with Gasteiger partial charge in [0.2, 0.25) is 0 Å². The second-order valence-corrected chi connectivity index (χ2v) is 4.24. The average molecular weight is 302 g/mol. The molecule has 0 aliphatic rings. The smallest absolute Gasteiger partial charge is 0.285 e. The maximum Gasteiger partial charge on any atom is 0.285 e. The van der Waals surface area contributed by atoms with Crippen molar-refractivity contribution in [3.05, 3.63) is 53.8 Å². The van der Waals surface area contributed by atoms with E-state index in [1.54, 1.807) is 24.3 Å². The van der Waals surface area contributed by atoms with Gasteiger partial charge < -0.3 is 10.1 Å². The summed E-state index contributed by atoms with van der Waals surface area (Å²) in [5.41, 5.74) is 1.57. The summed E-state index contributed by atoms with van der Waals surface area (Å²) in [7, 11) is 1.50. The Labute approximate surface area is 126 Å². The van der Waals surface area contributed by atoms with E-state index in [4.69, 9.17) is 4.74 Å². The minimum atomic E-state index is -0.458. The van der Waals surface area contributed by atoms with Crippen molar-refractivity contribution in [2.45, 2.75) is 0 Å². The molecule has 2 aromatic carbocycles. The summed E-state index contributed by atoms with van der Waals surface area (Å²) in [4.78, 5) is 14.9. The number of anilines is 2. The number of aliphatic imine (C=N–C) groups is 1. The standard InChI is InChI=1S/C15H11FN2O2S/c1-20-14-7-4-11(16)8-13(14)18-12-5-2-10(3-6-12)15(19)17-9-21/h2-8,18H,1H3. The van der Waals surface area contributed by atoms with Crippen molar-refractivity contribution in [3.8, 4) is 5.75 Å². The van der Waals surface area contributed by atoms with Gasteiger partial charge in [0.1, 0.15) is 11.6 Å². The molecule has 0 bridgehead atoms. The number of amides is 1. The third kappa shape index (κ3) is 3.72. The Morgan fingerprint density at radius 2 is 2.00 bits per heavy atom. The highest BCUT2D eigenvalue weighted by atomic mass is 32.1. The van der Waals surface area contributed by atoms with Gasteiger partial charge in [0.15, 0.2) is 0 Å². The minimum absolute atomic E-state index is 0.375. The molecule has 0 saturated heterocycles. The highest BCUT2D eigenvalue weighted by Crippen LogP contribution is 2.28. The van der Waals surface area contributed by atoms with Crippen LogP contribution in [0.4, 0.5) is 15.8 Å². The summed E-state index contributed by atoms with van der Waals surface area (Å²) in [6.07, 6.45) is 0. The topological polar surface area (TPSA) is 50.7 Å². The quantitative estimate of drug-likeness (QED) is 0.689. The molecule has 0 fully saturated rings. The molecule has 6 heteroatoms. The summed E-state index contributed by atoms with van der Waals surface area (Å²) in [6.45, 7) is 0. The van der Waals surface area contributed by atoms with Crippen LogP contribution in [-0.4, -0.2) is 18.2 Å². The van der Waals surface area contributed by atoms with Gasteiger partial charge in [-0.2, -0.15) is 4.99 Å². The first kappa shape index (κ1) is 14.8. The molecule has 0 aromatic heterocycles. The molecule has 0 atom stereocenters. The summed E-state index contributed by atoms with van der Waals surface area (Å²) in [6, 6.07) is 10.7. The number of isothiocyanates is 1. The highest BCUT2D eigenvalue weighted by molar-refractivity contribution is 7.78. The number of thiocarbonyl (C=S) groups is 1. The van der Waals surface area contributed by atoms with Crippen LogP contribution < -0.4 is 10.1 Å². The molecule has 0 radical (unpaired) electrons. The monoisotopic (exact) mass is 302 g/mol. The van der Waals surface area contributed by atoms with Crippen LogP contribution in [-0.2, 0) is 0 Å². The lowest BCUT2D eigenvalue weighted by atomic mass is 10.2. The molecule has 2 rings (SSSR count). The molecule has 0 aliphatic carbocycles. The number of ether oxygens (including phenoxy) is 1. The first-order valence-corrected chi connectivity index (χ1v) is 6.37. The predicted octanol–water partition coefficient (Wildman–Crippen LogP) is 3.82. The highest BCUT2D eigenvalue weighted by Gasteiger charge is 2.06. The number of nitrogens with one attached hydrogen (secondary N) is 1. The van der Waals surface area contributed by atoms with Crippen molar-refractivity contribution < 1.29 is 13.9 Å². The van der Waals surface area contributed by atoms with Gasteiger partial charge >= 0.3 is 0 Å². The number of halogens is 1. The van der Waals surface area contributed by atoms with Gasteiger partial charge in [0, 0.05) is 17.3 Å². The SMILES string of the molecule is COc1ccc(F)cc1Nc1ccc(C(=O)N=C=S)cc1. The molecule has 0 unspecified atom stereocenters. The summed E-state index contributed by atoms with van der Waals surface area (Å²) < 4.78 is 18.4. The lowest BCUT2D eigenvalue weighted by molar-refractivity contribution is 0.100. The van der Waals surface area contributed by atoms with Crippen LogP contribution in [0.15, 0.2) is 47.5 Å². The summed E-state index contributed by atoms with van der Waals surface area (Å²) in [5, 5.41) is 5.05. The van der Waals surface area contributed by atoms with Crippen LogP contribution in [0.3, 0.4) is 0 Å². The maximum absolute atomic E-state index is 13.3. The van der Waals surface area contributed by atoms with Gasteiger partial charge in [-0.05, 0) is 48.6 Å². The molecule has 0 heterocycles. The van der Waals surface area contributed by atoms with Crippen molar-refractivity contribution in [1.82, 2.24) is 0 Å². The molecular formula is C15H11FN2O2S. The van der Waals surface area contributed by atoms with Crippen molar-refractivity contribution in [2.75, 3.05) is 12.4 Å². The zero-order chi connectivity index (χ0) is 15.2. The van der Waals surface area contributed by atoms with E-state index in [-0.39, 0.29) is 5.82 Å². The molecule has 2 aromatic rings. The molecule has 0 saturated carbocycles. The van der Waals surface area contributed by atoms with E-state index in [9.17, 15) is 9.18 Å². The predicted molar refractivity (Wildman–Crippen MR) is 82.0 cm³/mol. The van der Waals surface area contributed by atoms with Gasteiger partial charge in [-0.25, -0.2) is 4.39 Å². The van der Waals surface area contributed by atoms with Crippen molar-refractivity contribution in [2.24, 2.45) is 4.99 Å². The number of rotatable bonds is 4. The molecule has 106 valence electrons. The number of methoxy groups -OCH3 is 1. The largest absolute Gasteiger partial charge is 0.495 e. The van der Waals surface area contributed by atoms with Crippen LogP contribution in [0.2, 0.25) is 0 Å². The number of hydrogen-bond acceptors (Lipinski definition) is 4. The molecular weight excluding hydrogens is 291 g/mol. The number of hydrogen-bond donors (Lipinski definition) is 1. The molecule has 1 amide bonds. The Morgan fingerprint density at radius 3 is 2.62 bits per heavy atom. The van der Waals surface area contributed by atoms with E-state index in [1.807, 2.05) is 5.16 Å². The number of benzene rings is 2. The van der Waals surface area contributed by atoms with E-state index in [1.165, 1.54) is 25.3 Å². The maximum atomic E-state index is 13.3. The fraction of sp³-hybridized carbons (Fsp3) is 0.0667. The first-order chi connectivity index (χ1) is 10.1. The molecule has 4 nitrogen and oxygen atoms in total. The third-order valence-electron chi connectivity index (χ3n) is 2.72. The first-order valence-electron chi connectivity index (χ1n) is 5.97. The van der Waals surface area contributed by atoms with Crippen molar-refractivity contribution >= 4 is 34.7 Å². The lowest BCUT2D eigenvalue weighted by Crippen LogP contribution is -1.97. The van der Waals surface area contributed by atoms with Crippen molar-refractivity contribution in [1.29, 1.82) is 0 Å². The minimum Gasteiger partial charge on any atom is -0.495 e. The van der Waals surface area contributed by atoms with Crippen LogP contribution in [0.1, 0.15) is 10.4 Å². The van der Waals surface area contributed by atoms with Crippen LogP contribution >= 0.6 is 12.2 Å². The Hall–Kier alpha value is -2.56. The van der Waals surface area contributed by atoms with Crippen LogP contribution in [0, 0.1) is 5.82 Å². The normalized spacial score (nSPS) is 9.62. The van der Waals surface area contributed by atoms with Gasteiger partial charge in [-0.1, -0.05) is 0 Å². The van der Waals surface area contributed by atoms with Gasteiger partial charge in [-0.15, -0.1) is 0 Å². The summed E-state index contributed by atoms with van der Waals surface area (Å²) in [5.74, 6) is -0.317. The van der Waals surface area contributed by atoms with Gasteiger partial charge in [0.05, 0.1) is 18.0 Å². The van der Waals surface area contributed by atoms with Gasteiger partial charge in [0.25, 0.3) is 5.91 Å². The Morgan fingerprint density at radius 1 is 1.29 bits per heavy atom. The van der Waals surface area contributed by atoms with Gasteiger partial charge in [-0.3, -0.25) is 4.79 Å². The van der Waals surface area contributed by atoms with E-state index < -0.39 is 5.91 Å². The zero-order valence-corrected chi connectivity index (χ0v) is 11.9. The number of carbonyl (C=O) groups excluding carboxylic acids is 1. The lowest BCUT2D eigenvalue weighted by Gasteiger charge is -2.11. The Balaban J connectivity index is 2.23. The third-order valence-corrected chi connectivity index (χ3v) is 2.81. The molecule has 0 aliphatic heterocycles. The van der Waals surface area contributed by atoms with E-state index >= 15 is 0 Å². The average Bonchev–Trinajstić information content (AvgIpc) is 2.48. The van der Waals surface area contributed by atoms with E-state index in [0.717, 1.165) is 0 Å². The zero-order valence-electron chi connectivity index (χ0n) is 11.1. The molecule has 21 heavy (non-hydrogen) atoms.